The lowest BCUT2D eigenvalue weighted by Gasteiger charge is -2.60. The highest BCUT2D eigenvalue weighted by molar-refractivity contribution is 6.93. The molecule has 1 rings (SSSR count). The summed E-state index contributed by atoms with van der Waals surface area (Å²) in [7, 11) is -5.59. The van der Waals surface area contributed by atoms with E-state index in [0.717, 1.165) is 12.1 Å². The van der Waals surface area contributed by atoms with Crippen molar-refractivity contribution in [3.05, 3.63) is 0 Å². The van der Waals surface area contributed by atoms with Crippen LogP contribution in [0, 0.1) is 0 Å². The topological polar surface area (TPSA) is 6.48 Å². The van der Waals surface area contributed by atoms with E-state index in [1.54, 1.807) is 0 Å². The fraction of sp³-hybridized carbons (Fsp3) is 1.00. The summed E-state index contributed by atoms with van der Waals surface area (Å²) in [6.45, 7) is 30.8. The molecule has 0 spiro atoms. The fourth-order valence-electron chi connectivity index (χ4n) is 9.17. The Morgan fingerprint density at radius 2 is 0.472 bits per heavy atom. The molecule has 0 aromatic rings. The van der Waals surface area contributed by atoms with Gasteiger partial charge in [-0.15, -0.1) is 0 Å². The van der Waals surface area contributed by atoms with Crippen LogP contribution in [0.2, 0.25) is 72.5 Å². The van der Waals surface area contributed by atoms with Crippen molar-refractivity contribution >= 4 is 32.9 Å². The van der Waals surface area contributed by atoms with Crippen LogP contribution >= 0.6 is 0 Å². The predicted molar refractivity (Wildman–Crippen MR) is 179 cm³/mol. The van der Waals surface area contributed by atoms with Gasteiger partial charge < -0.3 is 8.46 Å². The second-order valence-electron chi connectivity index (χ2n) is 12.3. The van der Waals surface area contributed by atoms with Crippen molar-refractivity contribution in [1.29, 1.82) is 0 Å². The molecule has 6 heteroatoms. The summed E-state index contributed by atoms with van der Waals surface area (Å²) in [6.07, 6.45) is 5.98. The Labute approximate surface area is 234 Å². The largest absolute Gasteiger partial charge is 0.342 e. The Balaban J connectivity index is 3.50. The Kier molecular flexibility index (Phi) is 15.0. The third-order valence-electron chi connectivity index (χ3n) is 12.3. The molecule has 0 aromatic heterocycles. The van der Waals surface area contributed by atoms with Crippen molar-refractivity contribution in [1.82, 2.24) is 8.46 Å². The third-order valence-corrected chi connectivity index (χ3v) is 39.4. The van der Waals surface area contributed by atoms with Crippen LogP contribution in [0.4, 0.5) is 0 Å². The average Bonchev–Trinajstić information content (AvgIpc) is 2.95. The van der Waals surface area contributed by atoms with Crippen LogP contribution in [0.1, 0.15) is 109 Å². The molecule has 2 nitrogen and oxygen atoms in total. The third kappa shape index (κ3) is 6.40. The SMILES string of the molecule is CC[Si](CC)(CC)N(C1CCC(N([Si](CC)(CC)CC)[Si](CC)(CC)CC)CC1)[Si](CC)(CC)CC. The highest BCUT2D eigenvalue weighted by Crippen LogP contribution is 2.45. The van der Waals surface area contributed by atoms with Crippen molar-refractivity contribution in [2.45, 2.75) is 193 Å². The molecule has 0 unspecified atom stereocenters. The smallest absolute Gasteiger partial charge is 0.121 e. The van der Waals surface area contributed by atoms with Gasteiger partial charge in [-0.25, -0.2) is 0 Å². The number of hydrogen-bond acceptors (Lipinski definition) is 2. The molecule has 0 radical (unpaired) electrons. The van der Waals surface area contributed by atoms with Gasteiger partial charge in [0.15, 0.2) is 0 Å². The Bertz CT molecular complexity index is 465. The second-order valence-corrected chi connectivity index (χ2v) is 33.4. The fourth-order valence-corrected chi connectivity index (χ4v) is 37.1. The Morgan fingerprint density at radius 3 is 0.583 bits per heavy atom. The first kappa shape index (κ1) is 34.8. The lowest BCUT2D eigenvalue weighted by Crippen LogP contribution is -2.72. The number of rotatable bonds is 18. The molecule has 0 saturated heterocycles. The van der Waals surface area contributed by atoms with E-state index in [1.807, 2.05) is 0 Å². The first-order chi connectivity index (χ1) is 17.2. The lowest BCUT2D eigenvalue weighted by atomic mass is 9.92. The molecule has 0 aromatic carbocycles. The van der Waals surface area contributed by atoms with Crippen molar-refractivity contribution in [2.75, 3.05) is 0 Å². The maximum Gasteiger partial charge on any atom is 0.121 e. The maximum absolute atomic E-state index is 3.45. The van der Waals surface area contributed by atoms with E-state index in [2.05, 4.69) is 91.5 Å². The van der Waals surface area contributed by atoms with E-state index >= 15 is 0 Å². The van der Waals surface area contributed by atoms with Gasteiger partial charge in [0.25, 0.3) is 0 Å². The standard InChI is InChI=1S/C30H70N2Si4/c1-13-33(14-2,15-3)31(34(16-4,17-5)18-6)29-25-27-30(28-26-29)32(35(19-7,20-8)21-9)36(22-10,23-11)24-12/h29-30H,13-28H2,1-12H3. The first-order valence-electron chi connectivity index (χ1n) is 16.8. The summed E-state index contributed by atoms with van der Waals surface area (Å²) >= 11 is 0. The molecule has 0 bridgehead atoms. The minimum Gasteiger partial charge on any atom is -0.342 e. The number of hydrogen-bond donors (Lipinski definition) is 0. The normalized spacial score (nSPS) is 20.5. The zero-order valence-corrected chi connectivity index (χ0v) is 31.4. The minimum atomic E-state index is -1.40. The van der Waals surface area contributed by atoms with Gasteiger partial charge in [-0.2, -0.15) is 0 Å². The summed E-state index contributed by atoms with van der Waals surface area (Å²) in [5, 5.41) is 0. The van der Waals surface area contributed by atoms with E-state index in [-0.39, 0.29) is 0 Å². The Morgan fingerprint density at radius 1 is 0.333 bits per heavy atom. The van der Waals surface area contributed by atoms with Crippen LogP contribution in [-0.4, -0.2) is 53.5 Å². The summed E-state index contributed by atoms with van der Waals surface area (Å²) in [6, 6.07) is 19.4. The molecule has 1 aliphatic rings. The van der Waals surface area contributed by atoms with Gasteiger partial charge >= 0.3 is 0 Å². The highest BCUT2D eigenvalue weighted by Gasteiger charge is 2.53. The van der Waals surface area contributed by atoms with Gasteiger partial charge in [0, 0.05) is 0 Å². The molecule has 0 N–H and O–H groups in total. The van der Waals surface area contributed by atoms with Gasteiger partial charge in [0.2, 0.25) is 0 Å². The molecule has 36 heavy (non-hydrogen) atoms. The maximum atomic E-state index is 3.45. The number of nitrogens with zero attached hydrogens (tertiary/aromatic N) is 2. The summed E-state index contributed by atoms with van der Waals surface area (Å²) in [5.74, 6) is 0. The van der Waals surface area contributed by atoms with Crippen LogP contribution in [0.5, 0.6) is 0 Å². The average molecular weight is 571 g/mol. The zero-order valence-electron chi connectivity index (χ0n) is 27.4. The molecule has 0 aliphatic heterocycles. The van der Waals surface area contributed by atoms with Crippen LogP contribution in [0.3, 0.4) is 0 Å². The first-order valence-corrected chi connectivity index (χ1v) is 27.0. The molecule has 1 saturated carbocycles. The monoisotopic (exact) mass is 570 g/mol. The molecule has 0 heterocycles. The van der Waals surface area contributed by atoms with E-state index in [0.29, 0.717) is 0 Å². The summed E-state index contributed by atoms with van der Waals surface area (Å²) in [4.78, 5) is 0. The summed E-state index contributed by atoms with van der Waals surface area (Å²) < 4.78 is 6.91. The van der Waals surface area contributed by atoms with Gasteiger partial charge in [-0.3, -0.25) is 0 Å². The van der Waals surface area contributed by atoms with Gasteiger partial charge in [-0.05, 0) is 110 Å². The van der Waals surface area contributed by atoms with Crippen LogP contribution in [0.25, 0.3) is 0 Å². The van der Waals surface area contributed by atoms with E-state index < -0.39 is 32.9 Å². The zero-order chi connectivity index (χ0) is 27.6. The van der Waals surface area contributed by atoms with E-state index in [4.69, 9.17) is 0 Å². The van der Waals surface area contributed by atoms with Gasteiger partial charge in [0.1, 0.15) is 32.9 Å². The Hall–Kier alpha value is 0.788. The van der Waals surface area contributed by atoms with Crippen molar-refractivity contribution in [3.63, 3.8) is 0 Å². The van der Waals surface area contributed by atoms with Crippen LogP contribution < -0.4 is 0 Å². The van der Waals surface area contributed by atoms with Gasteiger partial charge in [0.05, 0.1) is 0 Å². The molecule has 0 amide bonds. The summed E-state index contributed by atoms with van der Waals surface area (Å²) in [5.41, 5.74) is 0. The van der Waals surface area contributed by atoms with Crippen LogP contribution in [0.15, 0.2) is 0 Å². The van der Waals surface area contributed by atoms with E-state index in [9.17, 15) is 0 Å². The van der Waals surface area contributed by atoms with Crippen LogP contribution in [-0.2, 0) is 0 Å². The van der Waals surface area contributed by atoms with Crippen molar-refractivity contribution in [3.8, 4) is 0 Å². The molecule has 0 atom stereocenters. The van der Waals surface area contributed by atoms with Crippen molar-refractivity contribution in [2.24, 2.45) is 0 Å². The quantitative estimate of drug-likeness (QED) is 0.151. The lowest BCUT2D eigenvalue weighted by molar-refractivity contribution is 0.241. The van der Waals surface area contributed by atoms with E-state index in [1.165, 1.54) is 98.2 Å². The molecule has 1 fully saturated rings. The molecule has 216 valence electrons. The van der Waals surface area contributed by atoms with Crippen molar-refractivity contribution < 1.29 is 0 Å². The highest BCUT2D eigenvalue weighted by atomic mass is 28.4. The predicted octanol–water partition coefficient (Wildman–Crippen LogP) is 10.9. The molecular weight excluding hydrogens is 501 g/mol. The minimum absolute atomic E-state index is 0.892. The second kappa shape index (κ2) is 15.5. The molecule has 1 aliphatic carbocycles. The van der Waals surface area contributed by atoms with Gasteiger partial charge in [-0.1, -0.05) is 83.1 Å². The molecular formula is C30H70N2Si4.